The molecule has 3 rings (SSSR count). The molecule has 1 atom stereocenters. The Morgan fingerprint density at radius 3 is 2.57 bits per heavy atom. The second kappa shape index (κ2) is 5.89. The van der Waals surface area contributed by atoms with Gasteiger partial charge in [0.2, 0.25) is 0 Å². The molecule has 4 nitrogen and oxygen atoms in total. The fraction of sp³-hybridized carbons (Fsp3) is 0.176. The van der Waals surface area contributed by atoms with Gasteiger partial charge in [0.1, 0.15) is 12.1 Å². The zero-order chi connectivity index (χ0) is 14.7. The number of hydrogen-bond donors (Lipinski definition) is 2. The van der Waals surface area contributed by atoms with Crippen LogP contribution in [0.4, 0.5) is 5.82 Å². The van der Waals surface area contributed by atoms with Crippen molar-refractivity contribution in [2.24, 2.45) is 0 Å². The molecule has 0 spiro atoms. The van der Waals surface area contributed by atoms with Crippen molar-refractivity contribution in [3.05, 3.63) is 66.0 Å². The molecule has 0 fully saturated rings. The second-order valence-electron chi connectivity index (χ2n) is 5.01. The molecule has 0 amide bonds. The Morgan fingerprint density at radius 2 is 1.81 bits per heavy atom. The molecule has 1 aromatic heterocycles. The lowest BCUT2D eigenvalue weighted by molar-refractivity contribution is 0.199. The van der Waals surface area contributed by atoms with E-state index in [0.717, 1.165) is 27.8 Å². The quantitative estimate of drug-likeness (QED) is 0.769. The number of nitrogens with one attached hydrogen (secondary N) is 1. The number of aliphatic hydroxyl groups is 1. The molecule has 1 heterocycles. The van der Waals surface area contributed by atoms with Gasteiger partial charge in [0.05, 0.1) is 11.6 Å². The number of anilines is 1. The molecule has 106 valence electrons. The third kappa shape index (κ3) is 3.01. The van der Waals surface area contributed by atoms with Crippen LogP contribution < -0.4 is 5.32 Å². The lowest BCUT2D eigenvalue weighted by atomic mass is 10.1. The van der Waals surface area contributed by atoms with E-state index in [1.165, 1.54) is 0 Å². The molecular weight excluding hydrogens is 262 g/mol. The zero-order valence-electron chi connectivity index (χ0n) is 11.8. The molecule has 0 radical (unpaired) electrons. The molecule has 0 aliphatic heterocycles. The summed E-state index contributed by atoms with van der Waals surface area (Å²) in [5, 5.41) is 13.9. The molecule has 0 aliphatic carbocycles. The molecule has 3 aromatic rings. The average molecular weight is 279 g/mol. The molecule has 4 heteroatoms. The van der Waals surface area contributed by atoms with Crippen LogP contribution in [0, 0.1) is 0 Å². The van der Waals surface area contributed by atoms with Crippen LogP contribution in [0.25, 0.3) is 10.9 Å². The van der Waals surface area contributed by atoms with E-state index in [9.17, 15) is 5.11 Å². The number of nitrogens with zero attached hydrogens (tertiary/aromatic N) is 2. The predicted octanol–water partition coefficient (Wildman–Crippen LogP) is 3.30. The average Bonchev–Trinajstić information content (AvgIpc) is 2.53. The first kappa shape index (κ1) is 13.5. The highest BCUT2D eigenvalue weighted by molar-refractivity contribution is 5.88. The Morgan fingerprint density at radius 1 is 1.05 bits per heavy atom. The van der Waals surface area contributed by atoms with Crippen molar-refractivity contribution in [3.63, 3.8) is 0 Å². The highest BCUT2D eigenvalue weighted by atomic mass is 16.3. The van der Waals surface area contributed by atoms with Crippen LogP contribution in [0.15, 0.2) is 54.9 Å². The monoisotopic (exact) mass is 279 g/mol. The van der Waals surface area contributed by atoms with Gasteiger partial charge in [-0.05, 0) is 30.2 Å². The number of rotatable bonds is 4. The molecule has 1 unspecified atom stereocenters. The smallest absolute Gasteiger partial charge is 0.137 e. The summed E-state index contributed by atoms with van der Waals surface area (Å²) < 4.78 is 0. The number of fused-ring (bicyclic) bond motifs is 1. The van der Waals surface area contributed by atoms with Crippen molar-refractivity contribution in [1.82, 2.24) is 9.97 Å². The number of hydrogen-bond acceptors (Lipinski definition) is 4. The van der Waals surface area contributed by atoms with Gasteiger partial charge >= 0.3 is 0 Å². The Kier molecular flexibility index (Phi) is 3.79. The molecular formula is C17H17N3O. The van der Waals surface area contributed by atoms with Crippen molar-refractivity contribution < 1.29 is 5.11 Å². The Labute approximate surface area is 123 Å². The summed E-state index contributed by atoms with van der Waals surface area (Å²) in [5.41, 5.74) is 2.99. The van der Waals surface area contributed by atoms with Crippen LogP contribution in [0.3, 0.4) is 0 Å². The SMILES string of the molecule is CC(O)c1ccc(CNc2ncnc3ccccc23)cc1. The van der Waals surface area contributed by atoms with Crippen LogP contribution in [0.5, 0.6) is 0 Å². The summed E-state index contributed by atoms with van der Waals surface area (Å²) in [7, 11) is 0. The molecule has 0 bridgehead atoms. The minimum absolute atomic E-state index is 0.433. The molecule has 0 saturated heterocycles. The third-order valence-electron chi connectivity index (χ3n) is 3.46. The van der Waals surface area contributed by atoms with E-state index in [1.807, 2.05) is 48.5 Å². The van der Waals surface area contributed by atoms with Gasteiger partial charge in [-0.3, -0.25) is 0 Å². The maximum absolute atomic E-state index is 9.51. The van der Waals surface area contributed by atoms with Crippen LogP contribution in [0.2, 0.25) is 0 Å². The van der Waals surface area contributed by atoms with Crippen LogP contribution >= 0.6 is 0 Å². The predicted molar refractivity (Wildman–Crippen MR) is 83.9 cm³/mol. The van der Waals surface area contributed by atoms with E-state index in [4.69, 9.17) is 0 Å². The van der Waals surface area contributed by atoms with Crippen LogP contribution in [0.1, 0.15) is 24.2 Å². The number of aliphatic hydroxyl groups excluding tert-OH is 1. The van der Waals surface area contributed by atoms with Gasteiger partial charge in [0.25, 0.3) is 0 Å². The lowest BCUT2D eigenvalue weighted by Gasteiger charge is -2.09. The Bertz CT molecular complexity index is 733. The highest BCUT2D eigenvalue weighted by Crippen LogP contribution is 2.19. The van der Waals surface area contributed by atoms with Gasteiger partial charge in [-0.2, -0.15) is 0 Å². The standard InChI is InChI=1S/C17H17N3O/c1-12(21)14-8-6-13(7-9-14)10-18-17-15-4-2-3-5-16(15)19-11-20-17/h2-9,11-12,21H,10H2,1H3,(H,18,19,20). The fourth-order valence-electron chi connectivity index (χ4n) is 2.25. The van der Waals surface area contributed by atoms with E-state index in [1.54, 1.807) is 13.3 Å². The highest BCUT2D eigenvalue weighted by Gasteiger charge is 2.03. The summed E-state index contributed by atoms with van der Waals surface area (Å²) in [6.45, 7) is 2.45. The van der Waals surface area contributed by atoms with Crippen LogP contribution in [-0.4, -0.2) is 15.1 Å². The van der Waals surface area contributed by atoms with Gasteiger partial charge in [-0.15, -0.1) is 0 Å². The van der Waals surface area contributed by atoms with Gasteiger partial charge in [-0.25, -0.2) is 9.97 Å². The largest absolute Gasteiger partial charge is 0.389 e. The third-order valence-corrected chi connectivity index (χ3v) is 3.46. The van der Waals surface area contributed by atoms with E-state index in [0.29, 0.717) is 6.54 Å². The minimum atomic E-state index is -0.433. The van der Waals surface area contributed by atoms with Gasteiger partial charge < -0.3 is 10.4 Å². The van der Waals surface area contributed by atoms with Gasteiger partial charge in [0.15, 0.2) is 0 Å². The number of para-hydroxylation sites is 1. The summed E-state index contributed by atoms with van der Waals surface area (Å²) in [5.74, 6) is 0.834. The maximum atomic E-state index is 9.51. The number of benzene rings is 2. The molecule has 2 N–H and O–H groups in total. The summed E-state index contributed by atoms with van der Waals surface area (Å²) >= 11 is 0. The van der Waals surface area contributed by atoms with Crippen molar-refractivity contribution in [3.8, 4) is 0 Å². The summed E-state index contributed by atoms with van der Waals surface area (Å²) in [6, 6.07) is 15.8. The topological polar surface area (TPSA) is 58.0 Å². The minimum Gasteiger partial charge on any atom is -0.389 e. The second-order valence-corrected chi connectivity index (χ2v) is 5.01. The first-order valence-corrected chi connectivity index (χ1v) is 6.94. The van der Waals surface area contributed by atoms with Gasteiger partial charge in [0, 0.05) is 11.9 Å². The van der Waals surface area contributed by atoms with Crippen molar-refractivity contribution in [2.45, 2.75) is 19.6 Å². The van der Waals surface area contributed by atoms with E-state index >= 15 is 0 Å². The Hall–Kier alpha value is -2.46. The Balaban J connectivity index is 1.77. The number of aromatic nitrogens is 2. The summed E-state index contributed by atoms with van der Waals surface area (Å²) in [6.07, 6.45) is 1.14. The van der Waals surface area contributed by atoms with E-state index in [2.05, 4.69) is 15.3 Å². The van der Waals surface area contributed by atoms with Crippen molar-refractivity contribution >= 4 is 16.7 Å². The first-order valence-electron chi connectivity index (χ1n) is 6.94. The van der Waals surface area contributed by atoms with E-state index in [-0.39, 0.29) is 0 Å². The van der Waals surface area contributed by atoms with Crippen molar-refractivity contribution in [2.75, 3.05) is 5.32 Å². The molecule has 0 saturated carbocycles. The normalized spacial score (nSPS) is 12.3. The first-order chi connectivity index (χ1) is 10.2. The van der Waals surface area contributed by atoms with Gasteiger partial charge in [-0.1, -0.05) is 36.4 Å². The summed E-state index contributed by atoms with van der Waals surface area (Å²) in [4.78, 5) is 8.55. The lowest BCUT2D eigenvalue weighted by Crippen LogP contribution is -2.03. The van der Waals surface area contributed by atoms with Crippen LogP contribution in [-0.2, 0) is 6.54 Å². The van der Waals surface area contributed by atoms with Crippen molar-refractivity contribution in [1.29, 1.82) is 0 Å². The fourth-order valence-corrected chi connectivity index (χ4v) is 2.25. The zero-order valence-corrected chi connectivity index (χ0v) is 11.8. The van der Waals surface area contributed by atoms with E-state index < -0.39 is 6.10 Å². The molecule has 0 aliphatic rings. The molecule has 2 aromatic carbocycles. The molecule has 21 heavy (non-hydrogen) atoms. The maximum Gasteiger partial charge on any atom is 0.137 e.